The third-order valence-electron chi connectivity index (χ3n) is 7.61. The highest BCUT2D eigenvalue weighted by atomic mass is 35.5. The zero-order chi connectivity index (χ0) is 28.5. The highest BCUT2D eigenvalue weighted by Gasteiger charge is 2.39. The van der Waals surface area contributed by atoms with E-state index >= 15 is 4.39 Å². The van der Waals surface area contributed by atoms with Gasteiger partial charge in [-0.05, 0) is 49.9 Å². The fourth-order valence-electron chi connectivity index (χ4n) is 5.49. The van der Waals surface area contributed by atoms with Crippen molar-refractivity contribution >= 4 is 23.4 Å². The molecular weight excluding hydrogens is 553 g/mol. The number of amides is 2. The topological polar surface area (TPSA) is 119 Å². The fraction of sp³-hybridized carbons (Fsp3) is 0.448. The SMILES string of the molecule is O=C(NC1CC1)c1ccc(OCC(=O)N2CCc3nc4n(c3C2c2ccc(OCCO)cc2F)CCCC4)c(Cl)n1. The van der Waals surface area contributed by atoms with E-state index in [1.807, 2.05) is 0 Å². The van der Waals surface area contributed by atoms with E-state index in [9.17, 15) is 9.59 Å². The van der Waals surface area contributed by atoms with E-state index in [2.05, 4.69) is 14.9 Å². The summed E-state index contributed by atoms with van der Waals surface area (Å²) >= 11 is 6.29. The Hall–Kier alpha value is -3.70. The first kappa shape index (κ1) is 27.5. The maximum atomic E-state index is 15.6. The summed E-state index contributed by atoms with van der Waals surface area (Å²) in [7, 11) is 0. The predicted molar refractivity (Wildman–Crippen MR) is 147 cm³/mol. The zero-order valence-electron chi connectivity index (χ0n) is 22.4. The summed E-state index contributed by atoms with van der Waals surface area (Å²) < 4.78 is 28.9. The summed E-state index contributed by atoms with van der Waals surface area (Å²) in [6, 6.07) is 7.05. The van der Waals surface area contributed by atoms with Crippen LogP contribution >= 0.6 is 11.6 Å². The molecule has 1 aromatic carbocycles. The summed E-state index contributed by atoms with van der Waals surface area (Å²) in [4.78, 5) is 36.6. The van der Waals surface area contributed by atoms with E-state index in [1.165, 1.54) is 18.2 Å². The highest BCUT2D eigenvalue weighted by molar-refractivity contribution is 6.31. The van der Waals surface area contributed by atoms with E-state index in [0.29, 0.717) is 24.3 Å². The van der Waals surface area contributed by atoms with Gasteiger partial charge in [0.05, 0.1) is 18.0 Å². The molecule has 4 heterocycles. The standard InChI is InChI=1S/C29H31ClFN5O5/c30-28-23(9-8-22(34-28)29(39)32-17-4-5-17)41-16-25(38)36-12-10-21-27(35-11-2-1-3-24(35)33-21)26(36)19-7-6-18(15-20(19)31)40-14-13-37/h6-9,15,17,26,37H,1-5,10-14,16H2,(H,32,39). The molecule has 10 nitrogen and oxygen atoms in total. The molecule has 1 fully saturated rings. The van der Waals surface area contributed by atoms with Crippen LogP contribution in [0.2, 0.25) is 5.15 Å². The Bertz CT molecular complexity index is 1480. The third-order valence-corrected chi connectivity index (χ3v) is 7.88. The van der Waals surface area contributed by atoms with Crippen LogP contribution in [-0.4, -0.2) is 68.8 Å². The van der Waals surface area contributed by atoms with Crippen molar-refractivity contribution in [1.29, 1.82) is 0 Å². The number of hydrogen-bond donors (Lipinski definition) is 2. The van der Waals surface area contributed by atoms with E-state index in [-0.39, 0.29) is 54.3 Å². The van der Waals surface area contributed by atoms with Crippen LogP contribution in [-0.2, 0) is 24.2 Å². The number of aryl methyl sites for hydroxylation is 1. The average Bonchev–Trinajstić information content (AvgIpc) is 3.71. The molecule has 3 aromatic rings. The number of benzene rings is 1. The summed E-state index contributed by atoms with van der Waals surface area (Å²) in [6.45, 7) is 0.615. The van der Waals surface area contributed by atoms with Gasteiger partial charge in [-0.2, -0.15) is 0 Å². The molecule has 1 atom stereocenters. The molecule has 12 heteroatoms. The highest BCUT2D eigenvalue weighted by Crippen LogP contribution is 2.39. The van der Waals surface area contributed by atoms with Gasteiger partial charge < -0.3 is 29.4 Å². The largest absolute Gasteiger partial charge is 0.491 e. The maximum absolute atomic E-state index is 15.6. The first-order valence-electron chi connectivity index (χ1n) is 13.9. The smallest absolute Gasteiger partial charge is 0.270 e. The van der Waals surface area contributed by atoms with Crippen molar-refractivity contribution in [3.8, 4) is 11.5 Å². The van der Waals surface area contributed by atoms with Crippen LogP contribution < -0.4 is 14.8 Å². The number of carbonyl (C=O) groups is 2. The van der Waals surface area contributed by atoms with Gasteiger partial charge in [0.25, 0.3) is 11.8 Å². The fourth-order valence-corrected chi connectivity index (χ4v) is 5.69. The zero-order valence-corrected chi connectivity index (χ0v) is 23.2. The molecular formula is C29H31ClFN5O5. The molecule has 1 unspecified atom stereocenters. The molecule has 0 spiro atoms. The molecule has 3 aliphatic rings. The minimum atomic E-state index is -0.705. The Morgan fingerprint density at radius 2 is 1.95 bits per heavy atom. The minimum absolute atomic E-state index is 0.0203. The van der Waals surface area contributed by atoms with Gasteiger partial charge in [-0.15, -0.1) is 0 Å². The van der Waals surface area contributed by atoms with Gasteiger partial charge in [-0.3, -0.25) is 9.59 Å². The van der Waals surface area contributed by atoms with Crippen LogP contribution in [0.4, 0.5) is 4.39 Å². The number of aromatic nitrogens is 3. The lowest BCUT2D eigenvalue weighted by Crippen LogP contribution is -2.44. The molecule has 2 aromatic heterocycles. The number of hydrogen-bond acceptors (Lipinski definition) is 7. The van der Waals surface area contributed by atoms with Crippen molar-refractivity contribution < 1.29 is 28.6 Å². The molecule has 1 saturated carbocycles. The molecule has 1 aliphatic carbocycles. The lowest BCUT2D eigenvalue weighted by molar-refractivity contribution is -0.135. The van der Waals surface area contributed by atoms with Crippen LogP contribution in [0.1, 0.15) is 65.0 Å². The van der Waals surface area contributed by atoms with Crippen molar-refractivity contribution in [3.63, 3.8) is 0 Å². The van der Waals surface area contributed by atoms with Crippen LogP contribution in [0.25, 0.3) is 0 Å². The summed E-state index contributed by atoms with van der Waals surface area (Å²) in [6.07, 6.45) is 5.32. The Morgan fingerprint density at radius 1 is 1.10 bits per heavy atom. The van der Waals surface area contributed by atoms with Gasteiger partial charge in [0.2, 0.25) is 0 Å². The van der Waals surface area contributed by atoms with Crippen molar-refractivity contribution in [2.75, 3.05) is 26.4 Å². The van der Waals surface area contributed by atoms with Crippen molar-refractivity contribution in [2.24, 2.45) is 0 Å². The van der Waals surface area contributed by atoms with Gasteiger partial charge in [-0.25, -0.2) is 14.4 Å². The van der Waals surface area contributed by atoms with Crippen LogP contribution in [0.15, 0.2) is 30.3 Å². The second-order valence-electron chi connectivity index (χ2n) is 10.5. The number of rotatable bonds is 9. The van der Waals surface area contributed by atoms with E-state index < -0.39 is 11.9 Å². The third kappa shape index (κ3) is 5.73. The van der Waals surface area contributed by atoms with Crippen molar-refractivity contribution in [1.82, 2.24) is 24.8 Å². The number of aliphatic hydroxyl groups is 1. The van der Waals surface area contributed by atoms with Gasteiger partial charge in [0.1, 0.15) is 35.7 Å². The Balaban J connectivity index is 1.25. The second kappa shape index (κ2) is 11.7. The number of carbonyl (C=O) groups excluding carboxylic acids is 2. The minimum Gasteiger partial charge on any atom is -0.491 e. The first-order chi connectivity index (χ1) is 19.9. The number of ether oxygens (including phenoxy) is 2. The number of imidazole rings is 1. The number of nitrogens with one attached hydrogen (secondary N) is 1. The quantitative estimate of drug-likeness (QED) is 0.371. The Morgan fingerprint density at radius 3 is 2.71 bits per heavy atom. The van der Waals surface area contributed by atoms with Crippen molar-refractivity contribution in [3.05, 3.63) is 69.8 Å². The molecule has 41 heavy (non-hydrogen) atoms. The Labute approximate surface area is 241 Å². The summed E-state index contributed by atoms with van der Waals surface area (Å²) in [5, 5.41) is 11.9. The number of nitrogens with zero attached hydrogens (tertiary/aromatic N) is 4. The molecule has 6 rings (SSSR count). The van der Waals surface area contributed by atoms with Crippen LogP contribution in [0.3, 0.4) is 0 Å². The lowest BCUT2D eigenvalue weighted by atomic mass is 9.94. The molecule has 0 saturated heterocycles. The summed E-state index contributed by atoms with van der Waals surface area (Å²) in [5.74, 6) is 0.265. The molecule has 0 bridgehead atoms. The molecule has 2 amide bonds. The average molecular weight is 584 g/mol. The van der Waals surface area contributed by atoms with Crippen LogP contribution in [0.5, 0.6) is 11.5 Å². The van der Waals surface area contributed by atoms with E-state index in [1.54, 1.807) is 17.0 Å². The molecule has 2 N–H and O–H groups in total. The van der Waals surface area contributed by atoms with Gasteiger partial charge >= 0.3 is 0 Å². The number of pyridine rings is 1. The number of halogens is 2. The summed E-state index contributed by atoms with van der Waals surface area (Å²) in [5.41, 5.74) is 2.21. The van der Waals surface area contributed by atoms with Gasteiger partial charge in [-0.1, -0.05) is 11.6 Å². The first-order valence-corrected chi connectivity index (χ1v) is 14.3. The Kier molecular flexibility index (Phi) is 7.81. The van der Waals surface area contributed by atoms with E-state index in [4.69, 9.17) is 31.2 Å². The monoisotopic (exact) mass is 583 g/mol. The van der Waals surface area contributed by atoms with Gasteiger partial charge in [0, 0.05) is 43.6 Å². The number of aliphatic hydroxyl groups excluding tert-OH is 1. The normalized spacial score (nSPS) is 17.9. The maximum Gasteiger partial charge on any atom is 0.270 e. The molecule has 0 radical (unpaired) electrons. The predicted octanol–water partition coefficient (Wildman–Crippen LogP) is 3.22. The molecule has 2 aliphatic heterocycles. The lowest BCUT2D eigenvalue weighted by Gasteiger charge is -2.37. The van der Waals surface area contributed by atoms with Crippen LogP contribution in [0, 0.1) is 5.82 Å². The second-order valence-corrected chi connectivity index (χ2v) is 10.8. The van der Waals surface area contributed by atoms with Gasteiger partial charge in [0.15, 0.2) is 17.5 Å². The molecule has 216 valence electrons. The van der Waals surface area contributed by atoms with Crippen molar-refractivity contribution in [2.45, 2.75) is 57.2 Å². The number of fused-ring (bicyclic) bond motifs is 3. The van der Waals surface area contributed by atoms with E-state index in [0.717, 1.165) is 55.9 Å².